The maximum atomic E-state index is 12.1. The summed E-state index contributed by atoms with van der Waals surface area (Å²) in [5.74, 6) is 0. The van der Waals surface area contributed by atoms with Crippen LogP contribution in [-0.4, -0.2) is 18.4 Å². The highest BCUT2D eigenvalue weighted by atomic mass is 32.2. The van der Waals surface area contributed by atoms with Crippen molar-refractivity contribution in [1.82, 2.24) is 4.98 Å². The van der Waals surface area contributed by atoms with Gasteiger partial charge in [0.15, 0.2) is 0 Å². The molecule has 0 bridgehead atoms. The van der Waals surface area contributed by atoms with Crippen molar-refractivity contribution in [2.45, 2.75) is 11.3 Å². The van der Waals surface area contributed by atoms with Crippen LogP contribution in [0.2, 0.25) is 0 Å². The molecule has 0 radical (unpaired) electrons. The van der Waals surface area contributed by atoms with Gasteiger partial charge in [-0.05, 0) is 29.8 Å². The number of benzene rings is 1. The van der Waals surface area contributed by atoms with Crippen molar-refractivity contribution in [1.29, 1.82) is 0 Å². The molecular formula is C13H13N3O2S2. The van der Waals surface area contributed by atoms with Crippen LogP contribution in [0.4, 0.5) is 5.69 Å². The van der Waals surface area contributed by atoms with Gasteiger partial charge in [-0.3, -0.25) is 9.71 Å². The topological polar surface area (TPSA) is 85.1 Å². The molecule has 0 unspecified atom stereocenters. The Labute approximate surface area is 122 Å². The van der Waals surface area contributed by atoms with Gasteiger partial charge in [-0.1, -0.05) is 24.4 Å². The van der Waals surface area contributed by atoms with Gasteiger partial charge in [0.1, 0.15) is 4.90 Å². The fourth-order valence-corrected chi connectivity index (χ4v) is 2.80. The monoisotopic (exact) mass is 307 g/mol. The molecule has 1 aromatic carbocycles. The fraction of sp³-hybridized carbons (Fsp3) is 0.0769. The molecule has 0 aliphatic carbocycles. The number of anilines is 1. The van der Waals surface area contributed by atoms with E-state index in [1.165, 1.54) is 18.5 Å². The number of thiocarbonyl (C=S) groups is 1. The maximum absolute atomic E-state index is 12.1. The minimum atomic E-state index is -3.61. The first-order valence-corrected chi connectivity index (χ1v) is 7.66. The van der Waals surface area contributed by atoms with Crippen LogP contribution in [0.15, 0.2) is 53.7 Å². The number of rotatable bonds is 5. The summed E-state index contributed by atoms with van der Waals surface area (Å²) in [6.07, 6.45) is 3.30. The molecule has 0 atom stereocenters. The average Bonchev–Trinajstić information content (AvgIpc) is 2.41. The zero-order valence-electron chi connectivity index (χ0n) is 10.5. The van der Waals surface area contributed by atoms with Gasteiger partial charge in [0.25, 0.3) is 10.0 Å². The van der Waals surface area contributed by atoms with Gasteiger partial charge in [-0.15, -0.1) is 0 Å². The number of aromatic nitrogens is 1. The zero-order valence-corrected chi connectivity index (χ0v) is 12.1. The molecule has 5 nitrogen and oxygen atoms in total. The zero-order chi connectivity index (χ0) is 14.6. The SMILES string of the molecule is NC(=S)Cc1ccc(NS(=O)(=O)c2cccnc2)cc1. The molecule has 0 aliphatic rings. The first-order valence-electron chi connectivity index (χ1n) is 5.77. The third-order valence-corrected chi connectivity index (χ3v) is 4.04. The molecule has 0 amide bonds. The van der Waals surface area contributed by atoms with Crippen LogP contribution in [0.1, 0.15) is 5.56 Å². The van der Waals surface area contributed by atoms with E-state index in [9.17, 15) is 8.42 Å². The Bertz CT molecular complexity index is 698. The van der Waals surface area contributed by atoms with Gasteiger partial charge in [-0.2, -0.15) is 0 Å². The van der Waals surface area contributed by atoms with Crippen molar-refractivity contribution < 1.29 is 8.42 Å². The molecule has 0 aliphatic heterocycles. The predicted octanol–water partition coefficient (Wildman–Crippen LogP) is 1.71. The summed E-state index contributed by atoms with van der Waals surface area (Å²) in [5.41, 5.74) is 6.86. The van der Waals surface area contributed by atoms with Crippen molar-refractivity contribution in [2.75, 3.05) is 4.72 Å². The summed E-state index contributed by atoms with van der Waals surface area (Å²) >= 11 is 4.82. The molecule has 20 heavy (non-hydrogen) atoms. The predicted molar refractivity (Wildman–Crippen MR) is 82.0 cm³/mol. The fourth-order valence-electron chi connectivity index (χ4n) is 1.61. The van der Waals surface area contributed by atoms with Crippen LogP contribution in [-0.2, 0) is 16.4 Å². The molecule has 1 aromatic heterocycles. The number of pyridine rings is 1. The van der Waals surface area contributed by atoms with Gasteiger partial charge in [0, 0.05) is 24.5 Å². The minimum Gasteiger partial charge on any atom is -0.393 e. The average molecular weight is 307 g/mol. The van der Waals surface area contributed by atoms with Crippen LogP contribution in [0.3, 0.4) is 0 Å². The van der Waals surface area contributed by atoms with Gasteiger partial charge in [0.2, 0.25) is 0 Å². The van der Waals surface area contributed by atoms with Crippen molar-refractivity contribution in [2.24, 2.45) is 5.73 Å². The van der Waals surface area contributed by atoms with E-state index < -0.39 is 10.0 Å². The summed E-state index contributed by atoms with van der Waals surface area (Å²) in [6.45, 7) is 0. The van der Waals surface area contributed by atoms with Gasteiger partial charge < -0.3 is 5.73 Å². The Morgan fingerprint density at radius 2 is 1.95 bits per heavy atom. The first-order chi connectivity index (χ1) is 9.47. The Balaban J connectivity index is 2.16. The highest BCUT2D eigenvalue weighted by molar-refractivity contribution is 7.92. The van der Waals surface area contributed by atoms with E-state index in [1.807, 2.05) is 0 Å². The van der Waals surface area contributed by atoms with Crippen molar-refractivity contribution in [3.63, 3.8) is 0 Å². The number of sulfonamides is 1. The van der Waals surface area contributed by atoms with Crippen LogP contribution >= 0.6 is 12.2 Å². The standard InChI is InChI=1S/C13H13N3O2S2/c14-13(19)8-10-3-5-11(6-4-10)16-20(17,18)12-2-1-7-15-9-12/h1-7,9,16H,8H2,(H2,14,19). The normalized spacial score (nSPS) is 11.0. The summed E-state index contributed by atoms with van der Waals surface area (Å²) in [7, 11) is -3.61. The van der Waals surface area contributed by atoms with Crippen LogP contribution in [0.5, 0.6) is 0 Å². The molecule has 0 saturated heterocycles. The van der Waals surface area contributed by atoms with Crippen molar-refractivity contribution >= 4 is 32.9 Å². The third-order valence-electron chi connectivity index (χ3n) is 2.53. The number of hydrogen-bond donors (Lipinski definition) is 2. The summed E-state index contributed by atoms with van der Waals surface area (Å²) < 4.78 is 26.6. The van der Waals surface area contributed by atoms with E-state index in [2.05, 4.69) is 9.71 Å². The molecule has 2 rings (SSSR count). The van der Waals surface area contributed by atoms with Gasteiger partial charge in [0.05, 0.1) is 4.99 Å². The van der Waals surface area contributed by atoms with Crippen LogP contribution in [0, 0.1) is 0 Å². The Kier molecular flexibility index (Phi) is 4.31. The lowest BCUT2D eigenvalue weighted by Crippen LogP contribution is -2.13. The van der Waals surface area contributed by atoms with E-state index >= 15 is 0 Å². The minimum absolute atomic E-state index is 0.118. The summed E-state index contributed by atoms with van der Waals surface area (Å²) in [5, 5.41) is 0. The molecule has 3 N–H and O–H groups in total. The highest BCUT2D eigenvalue weighted by Gasteiger charge is 2.13. The molecule has 7 heteroatoms. The van der Waals surface area contributed by atoms with Crippen LogP contribution in [0.25, 0.3) is 0 Å². The molecule has 104 valence electrons. The molecule has 0 fully saturated rings. The summed E-state index contributed by atoms with van der Waals surface area (Å²) in [4.78, 5) is 4.31. The lowest BCUT2D eigenvalue weighted by Gasteiger charge is -2.08. The Morgan fingerprint density at radius 3 is 2.50 bits per heavy atom. The largest absolute Gasteiger partial charge is 0.393 e. The number of nitrogens with two attached hydrogens (primary N) is 1. The molecule has 0 saturated carbocycles. The molecule has 1 heterocycles. The lowest BCUT2D eigenvalue weighted by atomic mass is 10.1. The number of nitrogens with one attached hydrogen (secondary N) is 1. The number of nitrogens with zero attached hydrogens (tertiary/aromatic N) is 1. The van der Waals surface area contributed by atoms with E-state index in [0.717, 1.165) is 5.56 Å². The smallest absolute Gasteiger partial charge is 0.263 e. The second kappa shape index (κ2) is 5.98. The van der Waals surface area contributed by atoms with Crippen molar-refractivity contribution in [3.05, 3.63) is 54.4 Å². The van der Waals surface area contributed by atoms with Gasteiger partial charge >= 0.3 is 0 Å². The molecule has 0 spiro atoms. The van der Waals surface area contributed by atoms with Gasteiger partial charge in [-0.25, -0.2) is 8.42 Å². The van der Waals surface area contributed by atoms with E-state index in [0.29, 0.717) is 17.1 Å². The summed E-state index contributed by atoms with van der Waals surface area (Å²) in [6, 6.07) is 9.94. The van der Waals surface area contributed by atoms with Crippen molar-refractivity contribution in [3.8, 4) is 0 Å². The number of hydrogen-bond acceptors (Lipinski definition) is 4. The van der Waals surface area contributed by atoms with E-state index in [1.54, 1.807) is 30.3 Å². The molecular weight excluding hydrogens is 294 g/mol. The highest BCUT2D eigenvalue weighted by Crippen LogP contribution is 2.16. The second-order valence-electron chi connectivity index (χ2n) is 4.13. The second-order valence-corrected chi connectivity index (χ2v) is 6.34. The van der Waals surface area contributed by atoms with E-state index in [4.69, 9.17) is 18.0 Å². The molecule has 2 aromatic rings. The first kappa shape index (κ1) is 14.4. The quantitative estimate of drug-likeness (QED) is 0.821. The Hall–Kier alpha value is -1.99. The van der Waals surface area contributed by atoms with E-state index in [-0.39, 0.29) is 4.90 Å². The maximum Gasteiger partial charge on any atom is 0.263 e. The van der Waals surface area contributed by atoms with Crippen LogP contribution < -0.4 is 10.5 Å². The third kappa shape index (κ3) is 3.75. The Morgan fingerprint density at radius 1 is 1.25 bits per heavy atom. The lowest BCUT2D eigenvalue weighted by molar-refractivity contribution is 0.601.